The second kappa shape index (κ2) is 5.37. The van der Waals surface area contributed by atoms with Crippen LogP contribution >= 0.6 is 0 Å². The number of alkyl halides is 3. The Hall–Kier alpha value is -1.07. The molecule has 5 heteroatoms. The van der Waals surface area contributed by atoms with Crippen LogP contribution in [0.2, 0.25) is 0 Å². The van der Waals surface area contributed by atoms with Gasteiger partial charge in [0.2, 0.25) is 0 Å². The zero-order chi connectivity index (χ0) is 15.0. The lowest BCUT2D eigenvalue weighted by atomic mass is 9.72. The maximum Gasteiger partial charge on any atom is 0.522 e. The summed E-state index contributed by atoms with van der Waals surface area (Å²) >= 11 is 0. The summed E-state index contributed by atoms with van der Waals surface area (Å²) in [7, 11) is 0. The van der Waals surface area contributed by atoms with Crippen molar-refractivity contribution in [1.82, 2.24) is 0 Å². The van der Waals surface area contributed by atoms with E-state index in [1.807, 2.05) is 24.3 Å². The van der Waals surface area contributed by atoms with Gasteiger partial charge in [-0.05, 0) is 24.5 Å². The summed E-state index contributed by atoms with van der Waals surface area (Å²) in [6, 6.07) is 7.79. The molecule has 1 aliphatic rings. The van der Waals surface area contributed by atoms with Gasteiger partial charge in [-0.25, -0.2) is 0 Å². The Labute approximate surface area is 116 Å². The standard InChI is InChI=1S/C15H19F3O2/c1-4-11-5-7-12(8-6-11)13-14(3,10(2)20-13)9-19-15(16,17)18/h5-8,10,13H,4,9H2,1-3H3/t10?,13?,14-/m0/s1. The first-order valence-corrected chi connectivity index (χ1v) is 6.71. The van der Waals surface area contributed by atoms with Crippen molar-refractivity contribution in [3.63, 3.8) is 0 Å². The lowest BCUT2D eigenvalue weighted by molar-refractivity contribution is -0.359. The average Bonchev–Trinajstić information content (AvgIpc) is 2.41. The van der Waals surface area contributed by atoms with E-state index in [0.29, 0.717) is 0 Å². The normalized spacial score (nSPS) is 30.1. The highest BCUT2D eigenvalue weighted by Gasteiger charge is 2.53. The third-order valence-corrected chi connectivity index (χ3v) is 4.11. The number of aryl methyl sites for hydroxylation is 1. The van der Waals surface area contributed by atoms with Crippen molar-refractivity contribution in [2.75, 3.05) is 6.61 Å². The van der Waals surface area contributed by atoms with Gasteiger partial charge in [-0.3, -0.25) is 4.74 Å². The van der Waals surface area contributed by atoms with Gasteiger partial charge >= 0.3 is 6.36 Å². The Morgan fingerprint density at radius 2 is 1.85 bits per heavy atom. The topological polar surface area (TPSA) is 18.5 Å². The van der Waals surface area contributed by atoms with Crippen LogP contribution < -0.4 is 0 Å². The fraction of sp³-hybridized carbons (Fsp3) is 0.600. The van der Waals surface area contributed by atoms with E-state index in [1.165, 1.54) is 5.56 Å². The van der Waals surface area contributed by atoms with Crippen LogP contribution in [0.1, 0.15) is 38.0 Å². The maximum atomic E-state index is 12.2. The molecule has 0 radical (unpaired) electrons. The van der Waals surface area contributed by atoms with E-state index in [2.05, 4.69) is 11.7 Å². The number of halogens is 3. The average molecular weight is 288 g/mol. The minimum Gasteiger partial charge on any atom is -0.369 e. The van der Waals surface area contributed by atoms with Gasteiger partial charge in [-0.2, -0.15) is 0 Å². The summed E-state index contributed by atoms with van der Waals surface area (Å²) in [5.41, 5.74) is 1.42. The first-order valence-electron chi connectivity index (χ1n) is 6.71. The van der Waals surface area contributed by atoms with Crippen LogP contribution in [0, 0.1) is 5.41 Å². The number of rotatable bonds is 4. The van der Waals surface area contributed by atoms with Gasteiger partial charge in [0.25, 0.3) is 0 Å². The van der Waals surface area contributed by atoms with Crippen molar-refractivity contribution in [3.05, 3.63) is 35.4 Å². The van der Waals surface area contributed by atoms with E-state index in [9.17, 15) is 13.2 Å². The molecule has 1 aliphatic heterocycles. The van der Waals surface area contributed by atoms with Gasteiger partial charge in [-0.1, -0.05) is 38.1 Å². The molecule has 0 amide bonds. The van der Waals surface area contributed by atoms with Crippen LogP contribution in [0.25, 0.3) is 0 Å². The SMILES string of the molecule is CCc1ccc(C2OC(C)[C@]2(C)COC(F)(F)F)cc1. The molecule has 0 aliphatic carbocycles. The molecular formula is C15H19F3O2. The number of hydrogen-bond donors (Lipinski definition) is 0. The minimum atomic E-state index is -4.60. The van der Waals surface area contributed by atoms with E-state index >= 15 is 0 Å². The van der Waals surface area contributed by atoms with Gasteiger partial charge in [0.1, 0.15) is 0 Å². The molecular weight excluding hydrogens is 269 g/mol. The molecule has 0 spiro atoms. The van der Waals surface area contributed by atoms with Gasteiger partial charge < -0.3 is 4.74 Å². The Balaban J connectivity index is 2.11. The Bertz CT molecular complexity index is 455. The van der Waals surface area contributed by atoms with Gasteiger partial charge in [-0.15, -0.1) is 13.2 Å². The summed E-state index contributed by atoms with van der Waals surface area (Å²) in [4.78, 5) is 0. The van der Waals surface area contributed by atoms with E-state index in [1.54, 1.807) is 13.8 Å². The van der Waals surface area contributed by atoms with Crippen molar-refractivity contribution < 1.29 is 22.6 Å². The van der Waals surface area contributed by atoms with Crippen molar-refractivity contribution in [1.29, 1.82) is 0 Å². The van der Waals surface area contributed by atoms with E-state index < -0.39 is 18.4 Å². The first-order chi connectivity index (χ1) is 9.26. The molecule has 3 atom stereocenters. The van der Waals surface area contributed by atoms with E-state index in [-0.39, 0.29) is 12.2 Å². The highest BCUT2D eigenvalue weighted by Crippen LogP contribution is 2.52. The van der Waals surface area contributed by atoms with Crippen LogP contribution in [-0.4, -0.2) is 19.1 Å². The van der Waals surface area contributed by atoms with Crippen molar-refractivity contribution >= 4 is 0 Å². The summed E-state index contributed by atoms with van der Waals surface area (Å²) in [6.45, 7) is 5.21. The van der Waals surface area contributed by atoms with Crippen LogP contribution in [0.15, 0.2) is 24.3 Å². The fourth-order valence-corrected chi connectivity index (χ4v) is 2.47. The lowest BCUT2D eigenvalue weighted by Gasteiger charge is -2.52. The second-order valence-corrected chi connectivity index (χ2v) is 5.49. The Morgan fingerprint density at radius 1 is 1.25 bits per heavy atom. The van der Waals surface area contributed by atoms with Gasteiger partial charge in [0.05, 0.1) is 18.8 Å². The van der Waals surface area contributed by atoms with Crippen LogP contribution in [0.3, 0.4) is 0 Å². The Kier molecular flexibility index (Phi) is 4.12. The zero-order valence-electron chi connectivity index (χ0n) is 11.8. The summed E-state index contributed by atoms with van der Waals surface area (Å²) in [5, 5.41) is 0. The second-order valence-electron chi connectivity index (χ2n) is 5.49. The highest BCUT2D eigenvalue weighted by molar-refractivity contribution is 5.27. The van der Waals surface area contributed by atoms with Crippen LogP contribution in [-0.2, 0) is 15.9 Å². The first kappa shape index (κ1) is 15.3. The van der Waals surface area contributed by atoms with Crippen LogP contribution in [0.4, 0.5) is 13.2 Å². The number of ether oxygens (including phenoxy) is 2. The highest BCUT2D eigenvalue weighted by atomic mass is 19.4. The van der Waals surface area contributed by atoms with Crippen LogP contribution in [0.5, 0.6) is 0 Å². The molecule has 2 unspecified atom stereocenters. The molecule has 20 heavy (non-hydrogen) atoms. The molecule has 2 rings (SSSR count). The number of hydrogen-bond acceptors (Lipinski definition) is 2. The molecule has 0 saturated carbocycles. The molecule has 1 saturated heterocycles. The molecule has 112 valence electrons. The van der Waals surface area contributed by atoms with Crippen molar-refractivity contribution in [3.8, 4) is 0 Å². The predicted octanol–water partition coefficient (Wildman–Crippen LogP) is 4.25. The maximum absolute atomic E-state index is 12.2. The quantitative estimate of drug-likeness (QED) is 0.824. The fourth-order valence-electron chi connectivity index (χ4n) is 2.47. The molecule has 0 aromatic heterocycles. The molecule has 0 bridgehead atoms. The van der Waals surface area contributed by atoms with Crippen molar-refractivity contribution in [2.45, 2.75) is 45.8 Å². The summed E-state index contributed by atoms with van der Waals surface area (Å²) in [5.74, 6) is 0. The summed E-state index contributed by atoms with van der Waals surface area (Å²) in [6.07, 6.45) is -4.29. The van der Waals surface area contributed by atoms with Gasteiger partial charge in [0, 0.05) is 5.41 Å². The van der Waals surface area contributed by atoms with E-state index in [4.69, 9.17) is 4.74 Å². The zero-order valence-corrected chi connectivity index (χ0v) is 11.8. The lowest BCUT2D eigenvalue weighted by Crippen LogP contribution is -2.54. The smallest absolute Gasteiger partial charge is 0.369 e. The monoisotopic (exact) mass is 288 g/mol. The van der Waals surface area contributed by atoms with Gasteiger partial charge in [0.15, 0.2) is 0 Å². The Morgan fingerprint density at radius 3 is 2.30 bits per heavy atom. The predicted molar refractivity (Wildman–Crippen MR) is 69.2 cm³/mol. The number of benzene rings is 1. The third kappa shape index (κ3) is 2.99. The molecule has 1 fully saturated rings. The summed E-state index contributed by atoms with van der Waals surface area (Å²) < 4.78 is 46.4. The molecule has 1 heterocycles. The van der Waals surface area contributed by atoms with E-state index in [0.717, 1.165) is 12.0 Å². The molecule has 2 nitrogen and oxygen atoms in total. The molecule has 0 N–H and O–H groups in total. The third-order valence-electron chi connectivity index (χ3n) is 4.11. The minimum absolute atomic E-state index is 0.263. The van der Waals surface area contributed by atoms with Crippen molar-refractivity contribution in [2.24, 2.45) is 5.41 Å². The largest absolute Gasteiger partial charge is 0.522 e. The molecule has 1 aromatic rings. The molecule has 1 aromatic carbocycles.